The van der Waals surface area contributed by atoms with E-state index in [1.807, 2.05) is 6.07 Å². The van der Waals surface area contributed by atoms with Crippen molar-refractivity contribution in [3.63, 3.8) is 0 Å². The molecule has 0 spiro atoms. The molecule has 2 fully saturated rings. The van der Waals surface area contributed by atoms with Crippen LogP contribution in [0.2, 0.25) is 0 Å². The molecule has 0 aromatic carbocycles. The van der Waals surface area contributed by atoms with E-state index >= 15 is 0 Å². The molecule has 0 bridgehead atoms. The second kappa shape index (κ2) is 7.38. The Morgan fingerprint density at radius 3 is 2.88 bits per heavy atom. The maximum Gasteiger partial charge on any atom is 0.216 e. The van der Waals surface area contributed by atoms with E-state index in [0.29, 0.717) is 18.6 Å². The third-order valence-corrected chi connectivity index (χ3v) is 5.11. The normalized spacial score (nSPS) is 23.4. The Morgan fingerprint density at radius 2 is 2.21 bits per heavy atom. The van der Waals surface area contributed by atoms with Gasteiger partial charge < -0.3 is 14.7 Å². The maximum atomic E-state index is 10.4. The van der Waals surface area contributed by atoms with Crippen LogP contribution in [0.15, 0.2) is 18.3 Å². The lowest BCUT2D eigenvalue weighted by atomic mass is 10.0. The quantitative estimate of drug-likeness (QED) is 0.716. The summed E-state index contributed by atoms with van der Waals surface area (Å²) in [5, 5.41) is 13.7. The van der Waals surface area contributed by atoms with E-state index < -0.39 is 6.23 Å². The molecule has 1 saturated carbocycles. The van der Waals surface area contributed by atoms with Crippen LogP contribution in [-0.2, 0) is 0 Å². The van der Waals surface area contributed by atoms with Crippen molar-refractivity contribution >= 4 is 0 Å². The largest absolute Gasteiger partial charge is 0.476 e. The first-order chi connectivity index (χ1) is 11.4. The highest BCUT2D eigenvalue weighted by molar-refractivity contribution is 5.32. The lowest BCUT2D eigenvalue weighted by Crippen LogP contribution is -2.51. The van der Waals surface area contributed by atoms with Gasteiger partial charge in [0, 0.05) is 29.8 Å². The number of rotatable bonds is 8. The van der Waals surface area contributed by atoms with Crippen molar-refractivity contribution in [2.24, 2.45) is 0 Å². The Bertz CT molecular complexity index is 545. The Hall–Kier alpha value is -1.17. The molecule has 1 unspecified atom stereocenters. The highest BCUT2D eigenvalue weighted by Gasteiger charge is 2.30. The van der Waals surface area contributed by atoms with Crippen LogP contribution in [0.5, 0.6) is 5.88 Å². The Morgan fingerprint density at radius 1 is 1.42 bits per heavy atom. The molecule has 1 aliphatic carbocycles. The lowest BCUT2D eigenvalue weighted by molar-refractivity contribution is 0.0550. The SMILES string of the molecule is CN1CCC[C@@H]1CC(O)NC(C)(C)COc1ncccc1C1CC1. The number of hydrogen-bond acceptors (Lipinski definition) is 5. The van der Waals surface area contributed by atoms with Crippen LogP contribution in [-0.4, -0.2) is 53.0 Å². The molecular weight excluding hydrogens is 302 g/mol. The molecule has 1 aromatic rings. The smallest absolute Gasteiger partial charge is 0.216 e. The first kappa shape index (κ1) is 17.6. The fourth-order valence-corrected chi connectivity index (χ4v) is 3.56. The minimum Gasteiger partial charge on any atom is -0.476 e. The molecule has 1 saturated heterocycles. The molecule has 2 aliphatic rings. The molecule has 5 nitrogen and oxygen atoms in total. The number of aliphatic hydroxyl groups is 1. The van der Waals surface area contributed by atoms with E-state index in [2.05, 4.69) is 42.2 Å². The lowest BCUT2D eigenvalue weighted by Gasteiger charge is -2.31. The zero-order valence-corrected chi connectivity index (χ0v) is 15.2. The summed E-state index contributed by atoms with van der Waals surface area (Å²) in [4.78, 5) is 6.73. The summed E-state index contributed by atoms with van der Waals surface area (Å²) >= 11 is 0. The molecular formula is C19H31N3O2. The predicted octanol–water partition coefficient (Wildman–Crippen LogP) is 2.51. The van der Waals surface area contributed by atoms with Crippen molar-refractivity contribution in [1.82, 2.24) is 15.2 Å². The van der Waals surface area contributed by atoms with Crippen LogP contribution in [0.25, 0.3) is 0 Å². The maximum absolute atomic E-state index is 10.4. The first-order valence-electron chi connectivity index (χ1n) is 9.18. The predicted molar refractivity (Wildman–Crippen MR) is 95.2 cm³/mol. The molecule has 0 radical (unpaired) electrons. The van der Waals surface area contributed by atoms with E-state index in [4.69, 9.17) is 4.74 Å². The van der Waals surface area contributed by atoms with Crippen LogP contribution in [0, 0.1) is 0 Å². The summed E-state index contributed by atoms with van der Waals surface area (Å²) in [6.45, 7) is 5.75. The van der Waals surface area contributed by atoms with Gasteiger partial charge in [0.1, 0.15) is 12.8 Å². The fraction of sp³-hybridized carbons (Fsp3) is 0.737. The highest BCUT2D eigenvalue weighted by Crippen LogP contribution is 2.43. The number of aliphatic hydroxyl groups excluding tert-OH is 1. The van der Waals surface area contributed by atoms with E-state index in [-0.39, 0.29) is 5.54 Å². The summed E-state index contributed by atoms with van der Waals surface area (Å²) in [5.74, 6) is 1.37. The van der Waals surface area contributed by atoms with E-state index in [9.17, 15) is 5.11 Å². The average Bonchev–Trinajstić information content (AvgIpc) is 3.30. The van der Waals surface area contributed by atoms with Gasteiger partial charge in [-0.25, -0.2) is 4.98 Å². The number of aromatic nitrogens is 1. The van der Waals surface area contributed by atoms with Gasteiger partial charge in [0.05, 0.1) is 0 Å². The second-order valence-corrected chi connectivity index (χ2v) is 8.02. The standard InChI is InChI=1S/C19H31N3O2/c1-19(2,21-17(23)12-15-6-5-11-22(15)3)13-24-18-16(14-8-9-14)7-4-10-20-18/h4,7,10,14-15,17,21,23H,5-6,8-9,11-13H2,1-3H3/t15-,17?/m1/s1. The van der Waals surface area contributed by atoms with Crippen molar-refractivity contribution < 1.29 is 9.84 Å². The summed E-state index contributed by atoms with van der Waals surface area (Å²) in [6.07, 6.45) is 6.90. The summed E-state index contributed by atoms with van der Waals surface area (Å²) in [5.41, 5.74) is 0.913. The van der Waals surface area contributed by atoms with Crippen LogP contribution < -0.4 is 10.1 Å². The molecule has 2 atom stereocenters. The van der Waals surface area contributed by atoms with E-state index in [1.54, 1.807) is 6.20 Å². The van der Waals surface area contributed by atoms with Gasteiger partial charge in [-0.15, -0.1) is 0 Å². The number of likely N-dealkylation sites (tertiary alicyclic amines) is 1. The Balaban J connectivity index is 1.50. The van der Waals surface area contributed by atoms with Crippen LogP contribution in [0.3, 0.4) is 0 Å². The zero-order chi connectivity index (χ0) is 17.2. The Labute approximate surface area is 145 Å². The van der Waals surface area contributed by atoms with Crippen molar-refractivity contribution in [3.8, 4) is 5.88 Å². The second-order valence-electron chi connectivity index (χ2n) is 8.02. The molecule has 2 N–H and O–H groups in total. The van der Waals surface area contributed by atoms with E-state index in [1.165, 1.54) is 31.2 Å². The fourth-order valence-electron chi connectivity index (χ4n) is 3.56. The topological polar surface area (TPSA) is 57.6 Å². The Kier molecular flexibility index (Phi) is 5.42. The van der Waals surface area contributed by atoms with Gasteiger partial charge in [-0.3, -0.25) is 5.32 Å². The zero-order valence-electron chi connectivity index (χ0n) is 15.2. The molecule has 1 aromatic heterocycles. The first-order valence-corrected chi connectivity index (χ1v) is 9.18. The average molecular weight is 333 g/mol. The molecule has 5 heteroatoms. The van der Waals surface area contributed by atoms with Gasteiger partial charge in [-0.1, -0.05) is 6.07 Å². The number of pyridine rings is 1. The number of hydrogen-bond donors (Lipinski definition) is 2. The van der Waals surface area contributed by atoms with Crippen LogP contribution in [0.1, 0.15) is 57.4 Å². The van der Waals surface area contributed by atoms with Gasteiger partial charge in [0.15, 0.2) is 0 Å². The van der Waals surface area contributed by atoms with Crippen molar-refractivity contribution in [1.29, 1.82) is 0 Å². The summed E-state index contributed by atoms with van der Waals surface area (Å²) in [7, 11) is 2.14. The monoisotopic (exact) mass is 333 g/mol. The minimum absolute atomic E-state index is 0.311. The van der Waals surface area contributed by atoms with Gasteiger partial charge in [-0.2, -0.15) is 0 Å². The molecule has 24 heavy (non-hydrogen) atoms. The minimum atomic E-state index is -0.513. The molecule has 1 aliphatic heterocycles. The third-order valence-electron chi connectivity index (χ3n) is 5.11. The van der Waals surface area contributed by atoms with E-state index in [0.717, 1.165) is 18.8 Å². The molecule has 134 valence electrons. The number of nitrogens with zero attached hydrogens (tertiary/aromatic N) is 2. The van der Waals surface area contributed by atoms with Gasteiger partial charge in [0.25, 0.3) is 0 Å². The number of nitrogens with one attached hydrogen (secondary N) is 1. The van der Waals surface area contributed by atoms with Crippen LogP contribution >= 0.6 is 0 Å². The molecule has 0 amide bonds. The highest BCUT2D eigenvalue weighted by atomic mass is 16.5. The van der Waals surface area contributed by atoms with Crippen molar-refractivity contribution in [2.45, 2.75) is 69.7 Å². The summed E-state index contributed by atoms with van der Waals surface area (Å²) in [6, 6.07) is 4.57. The molecule has 3 rings (SSSR count). The summed E-state index contributed by atoms with van der Waals surface area (Å²) < 4.78 is 6.00. The van der Waals surface area contributed by atoms with Gasteiger partial charge in [-0.05, 0) is 65.1 Å². The van der Waals surface area contributed by atoms with Crippen molar-refractivity contribution in [2.75, 3.05) is 20.2 Å². The van der Waals surface area contributed by atoms with Gasteiger partial charge >= 0.3 is 0 Å². The van der Waals surface area contributed by atoms with Crippen LogP contribution in [0.4, 0.5) is 0 Å². The molecule has 2 heterocycles. The number of ether oxygens (including phenoxy) is 1. The third kappa shape index (κ3) is 4.68. The van der Waals surface area contributed by atoms with Gasteiger partial charge in [0.2, 0.25) is 5.88 Å². The van der Waals surface area contributed by atoms with Crippen molar-refractivity contribution in [3.05, 3.63) is 23.9 Å².